The zero-order chi connectivity index (χ0) is 27.2. The zero-order valence-electron chi connectivity index (χ0n) is 22.6. The van der Waals surface area contributed by atoms with Crippen LogP contribution in [-0.4, -0.2) is 52.8 Å². The maximum atomic E-state index is 14.4. The van der Waals surface area contributed by atoms with Crippen molar-refractivity contribution < 1.29 is 9.13 Å². The molecule has 1 N–H and O–H groups in total. The molecule has 0 saturated carbocycles. The Morgan fingerprint density at radius 1 is 1.03 bits per heavy atom. The fourth-order valence-corrected chi connectivity index (χ4v) is 4.99. The Kier molecular flexibility index (Phi) is 6.81. The lowest BCUT2D eigenvalue weighted by molar-refractivity contribution is 0.387. The van der Waals surface area contributed by atoms with Gasteiger partial charge >= 0.3 is 0 Å². The van der Waals surface area contributed by atoms with Crippen molar-refractivity contribution in [2.45, 2.75) is 33.1 Å². The standard InChI is InChI=1S/C28H33ClFN7O/c1-17-7-8-18(28(2,3)4)13-22(17)32-26-23-25(31-16-35(23)5)33-27(34-26)37-11-9-36(10-12-37)19-14-20(29)24(38-6)21(30)15-19/h7-8,13-16H,9-12H2,1-6H3,(H,32,33,34). The first kappa shape index (κ1) is 26.0. The molecule has 2 aromatic carbocycles. The lowest BCUT2D eigenvalue weighted by Crippen LogP contribution is -2.47. The fraction of sp³-hybridized carbons (Fsp3) is 0.393. The van der Waals surface area contributed by atoms with Crippen molar-refractivity contribution in [2.75, 3.05) is 48.4 Å². The van der Waals surface area contributed by atoms with Gasteiger partial charge in [-0.25, -0.2) is 9.37 Å². The van der Waals surface area contributed by atoms with Crippen molar-refractivity contribution >= 4 is 45.9 Å². The summed E-state index contributed by atoms with van der Waals surface area (Å²) in [6.45, 7) is 11.4. The van der Waals surface area contributed by atoms with Gasteiger partial charge in [-0.3, -0.25) is 0 Å². The molecule has 2 aromatic heterocycles. The van der Waals surface area contributed by atoms with Gasteiger partial charge in [0.15, 0.2) is 23.0 Å². The molecule has 0 unspecified atom stereocenters. The molecule has 0 radical (unpaired) electrons. The minimum absolute atomic E-state index is 0.0273. The average molecular weight is 538 g/mol. The van der Waals surface area contributed by atoms with E-state index in [1.165, 1.54) is 18.7 Å². The number of nitrogens with one attached hydrogen (secondary N) is 1. The minimum Gasteiger partial charge on any atom is -0.492 e. The highest BCUT2D eigenvalue weighted by Crippen LogP contribution is 2.34. The van der Waals surface area contributed by atoms with E-state index in [-0.39, 0.29) is 16.2 Å². The van der Waals surface area contributed by atoms with E-state index in [1.54, 1.807) is 12.4 Å². The summed E-state index contributed by atoms with van der Waals surface area (Å²) in [7, 11) is 3.35. The third kappa shape index (κ3) is 4.95. The number of ether oxygens (including phenoxy) is 1. The van der Waals surface area contributed by atoms with Gasteiger partial charge in [0.1, 0.15) is 5.52 Å². The van der Waals surface area contributed by atoms with Crippen molar-refractivity contribution in [3.63, 3.8) is 0 Å². The van der Waals surface area contributed by atoms with Gasteiger partial charge in [-0.1, -0.05) is 44.5 Å². The summed E-state index contributed by atoms with van der Waals surface area (Å²) >= 11 is 6.23. The molecule has 5 rings (SSSR count). The first-order valence-corrected chi connectivity index (χ1v) is 13.0. The lowest BCUT2D eigenvalue weighted by atomic mass is 9.86. The van der Waals surface area contributed by atoms with Crippen LogP contribution in [0, 0.1) is 12.7 Å². The van der Waals surface area contributed by atoms with Crippen LogP contribution in [0.25, 0.3) is 11.2 Å². The van der Waals surface area contributed by atoms with E-state index < -0.39 is 5.82 Å². The largest absolute Gasteiger partial charge is 0.492 e. The summed E-state index contributed by atoms with van der Waals surface area (Å²) in [4.78, 5) is 18.5. The van der Waals surface area contributed by atoms with Crippen molar-refractivity contribution in [2.24, 2.45) is 7.05 Å². The number of hydrogen-bond acceptors (Lipinski definition) is 7. The number of piperazine rings is 1. The van der Waals surface area contributed by atoms with E-state index in [0.717, 1.165) is 22.5 Å². The molecule has 0 aliphatic carbocycles. The van der Waals surface area contributed by atoms with Crippen molar-refractivity contribution in [1.82, 2.24) is 19.5 Å². The van der Waals surface area contributed by atoms with Crippen LogP contribution in [0.3, 0.4) is 0 Å². The summed E-state index contributed by atoms with van der Waals surface area (Å²) < 4.78 is 21.4. The molecule has 3 heterocycles. The van der Waals surface area contributed by atoms with Gasteiger partial charge < -0.3 is 24.4 Å². The highest BCUT2D eigenvalue weighted by atomic mass is 35.5. The Morgan fingerprint density at radius 2 is 1.74 bits per heavy atom. The molecule has 4 aromatic rings. The molecule has 200 valence electrons. The molecule has 0 spiro atoms. The number of hydrogen-bond donors (Lipinski definition) is 1. The van der Waals surface area contributed by atoms with Gasteiger partial charge in [0, 0.05) is 50.7 Å². The smallest absolute Gasteiger partial charge is 0.229 e. The number of aromatic nitrogens is 4. The van der Waals surface area contributed by atoms with E-state index in [0.29, 0.717) is 43.6 Å². The number of benzene rings is 2. The number of methoxy groups -OCH3 is 1. The maximum Gasteiger partial charge on any atom is 0.229 e. The van der Waals surface area contributed by atoms with Gasteiger partial charge in [0.2, 0.25) is 5.95 Å². The number of anilines is 4. The van der Waals surface area contributed by atoms with Crippen molar-refractivity contribution in [1.29, 1.82) is 0 Å². The Hall–Kier alpha value is -3.59. The molecule has 1 saturated heterocycles. The molecule has 0 amide bonds. The number of imidazole rings is 1. The molecular weight excluding hydrogens is 505 g/mol. The summed E-state index contributed by atoms with van der Waals surface area (Å²) in [6, 6.07) is 9.71. The lowest BCUT2D eigenvalue weighted by Gasteiger charge is -2.36. The molecule has 10 heteroatoms. The van der Waals surface area contributed by atoms with E-state index in [2.05, 4.69) is 66.0 Å². The summed E-state index contributed by atoms with van der Waals surface area (Å²) in [6.07, 6.45) is 1.76. The Bertz CT molecular complexity index is 1470. The Morgan fingerprint density at radius 3 is 2.39 bits per heavy atom. The van der Waals surface area contributed by atoms with Crippen LogP contribution in [-0.2, 0) is 12.5 Å². The number of rotatable bonds is 5. The van der Waals surface area contributed by atoms with Crippen molar-refractivity contribution in [3.8, 4) is 5.75 Å². The monoisotopic (exact) mass is 537 g/mol. The van der Waals surface area contributed by atoms with Gasteiger partial charge in [0.25, 0.3) is 0 Å². The number of nitrogens with zero attached hydrogens (tertiary/aromatic N) is 6. The maximum absolute atomic E-state index is 14.4. The molecule has 38 heavy (non-hydrogen) atoms. The van der Waals surface area contributed by atoms with Crippen LogP contribution in [0.1, 0.15) is 31.9 Å². The minimum atomic E-state index is -0.470. The zero-order valence-corrected chi connectivity index (χ0v) is 23.4. The second-order valence-corrected chi connectivity index (χ2v) is 11.1. The van der Waals surface area contributed by atoms with Crippen LogP contribution in [0.2, 0.25) is 5.02 Å². The predicted octanol–water partition coefficient (Wildman–Crippen LogP) is 5.84. The quantitative estimate of drug-likeness (QED) is 0.343. The van der Waals surface area contributed by atoms with Gasteiger partial charge in [-0.2, -0.15) is 9.97 Å². The third-order valence-corrected chi connectivity index (χ3v) is 7.31. The third-order valence-electron chi connectivity index (χ3n) is 7.03. The molecule has 8 nitrogen and oxygen atoms in total. The number of aryl methyl sites for hydroxylation is 2. The second kappa shape index (κ2) is 9.94. The van der Waals surface area contributed by atoms with E-state index >= 15 is 0 Å². The molecule has 1 aliphatic heterocycles. The van der Waals surface area contributed by atoms with Crippen LogP contribution < -0.4 is 19.9 Å². The first-order valence-electron chi connectivity index (χ1n) is 12.7. The SMILES string of the molecule is COc1c(F)cc(N2CCN(c3nc(Nc4cc(C(C)(C)C)ccc4C)c4c(ncn4C)n3)CC2)cc1Cl. The van der Waals surface area contributed by atoms with Crippen LogP contribution in [0.15, 0.2) is 36.7 Å². The Labute approximate surface area is 227 Å². The predicted molar refractivity (Wildman–Crippen MR) is 152 cm³/mol. The van der Waals surface area contributed by atoms with Crippen LogP contribution in [0.4, 0.5) is 27.5 Å². The molecular formula is C28H33ClFN7O. The van der Waals surface area contributed by atoms with E-state index in [9.17, 15) is 4.39 Å². The fourth-order valence-electron chi connectivity index (χ4n) is 4.71. The second-order valence-electron chi connectivity index (χ2n) is 10.7. The van der Waals surface area contributed by atoms with Gasteiger partial charge in [-0.05, 0) is 35.6 Å². The number of fused-ring (bicyclic) bond motifs is 1. The summed E-state index contributed by atoms with van der Waals surface area (Å²) in [5.41, 5.74) is 5.62. The highest BCUT2D eigenvalue weighted by Gasteiger charge is 2.24. The summed E-state index contributed by atoms with van der Waals surface area (Å²) in [5.74, 6) is 0.921. The summed E-state index contributed by atoms with van der Waals surface area (Å²) in [5, 5.41) is 3.83. The first-order chi connectivity index (χ1) is 18.0. The molecule has 0 atom stereocenters. The topological polar surface area (TPSA) is 71.3 Å². The van der Waals surface area contributed by atoms with Gasteiger partial charge in [-0.15, -0.1) is 0 Å². The van der Waals surface area contributed by atoms with Crippen molar-refractivity contribution in [3.05, 3.63) is 58.6 Å². The number of halogens is 2. The van der Waals surface area contributed by atoms with Gasteiger partial charge in [0.05, 0.1) is 18.5 Å². The van der Waals surface area contributed by atoms with E-state index in [1.807, 2.05) is 11.6 Å². The molecule has 1 fully saturated rings. The molecule has 0 bridgehead atoms. The average Bonchev–Trinajstić information content (AvgIpc) is 3.25. The Balaban J connectivity index is 1.42. The normalized spacial score (nSPS) is 14.3. The highest BCUT2D eigenvalue weighted by molar-refractivity contribution is 6.32. The van der Waals surface area contributed by atoms with Crippen LogP contribution in [0.5, 0.6) is 5.75 Å². The molecule has 1 aliphatic rings. The van der Waals surface area contributed by atoms with Crippen LogP contribution >= 0.6 is 11.6 Å². The van der Waals surface area contributed by atoms with E-state index in [4.69, 9.17) is 26.3 Å².